The predicted molar refractivity (Wildman–Crippen MR) is 79.7 cm³/mol. The molecule has 3 heterocycles. The molecule has 0 aromatic carbocycles. The summed E-state index contributed by atoms with van der Waals surface area (Å²) in [5.74, 6) is 0. The first-order valence-electron chi connectivity index (χ1n) is 7.19. The molecule has 0 atom stereocenters. The number of hydrogen-bond acceptors (Lipinski definition) is 6. The summed E-state index contributed by atoms with van der Waals surface area (Å²) in [6, 6.07) is -0.0288. The lowest BCUT2D eigenvalue weighted by atomic mass is 10.1. The number of aryl methyl sites for hydroxylation is 1. The van der Waals surface area contributed by atoms with Crippen molar-refractivity contribution in [2.75, 3.05) is 19.5 Å². The molecule has 1 aliphatic rings. The molecule has 9 heteroatoms. The fourth-order valence-corrected chi connectivity index (χ4v) is 3.30. The Balaban J connectivity index is 2.28. The van der Waals surface area contributed by atoms with Crippen molar-refractivity contribution in [3.8, 4) is 0 Å². The van der Waals surface area contributed by atoms with Gasteiger partial charge in [-0.25, -0.2) is 18.2 Å². The van der Waals surface area contributed by atoms with Gasteiger partial charge in [-0.2, -0.15) is 4.98 Å². The van der Waals surface area contributed by atoms with E-state index in [-0.39, 0.29) is 16.9 Å². The van der Waals surface area contributed by atoms with Crippen molar-refractivity contribution in [3.63, 3.8) is 0 Å². The molecule has 1 fully saturated rings. The Kier molecular flexibility index (Phi) is 3.77. The third-order valence-corrected chi connectivity index (χ3v) is 4.75. The second-order valence-electron chi connectivity index (χ2n) is 5.37. The quantitative estimate of drug-likeness (QED) is 0.756. The van der Waals surface area contributed by atoms with E-state index in [2.05, 4.69) is 9.97 Å². The van der Waals surface area contributed by atoms with E-state index in [0.717, 1.165) is 6.26 Å². The molecule has 0 N–H and O–H groups in total. The summed E-state index contributed by atoms with van der Waals surface area (Å²) in [7, 11) is -3.52. The average Bonchev–Trinajstić information content (AvgIpc) is 2.77. The van der Waals surface area contributed by atoms with Gasteiger partial charge in [0.05, 0.1) is 6.20 Å². The van der Waals surface area contributed by atoms with Gasteiger partial charge in [-0.1, -0.05) is 0 Å². The highest BCUT2D eigenvalue weighted by atomic mass is 32.2. The van der Waals surface area contributed by atoms with E-state index in [9.17, 15) is 13.2 Å². The first-order chi connectivity index (χ1) is 10.4. The Morgan fingerprint density at radius 2 is 2.05 bits per heavy atom. The standard InChI is InChI=1S/C13H18N4O4S/c1-3-16-10-8-14-12(22(2,19)20)15-11(10)17(13(16)18)9-4-6-21-7-5-9/h8-9H,3-7H2,1-2H3. The summed E-state index contributed by atoms with van der Waals surface area (Å²) in [4.78, 5) is 20.7. The van der Waals surface area contributed by atoms with Crippen LogP contribution in [0.15, 0.2) is 16.1 Å². The van der Waals surface area contributed by atoms with E-state index in [4.69, 9.17) is 4.74 Å². The van der Waals surface area contributed by atoms with E-state index in [1.165, 1.54) is 6.20 Å². The minimum atomic E-state index is -3.52. The predicted octanol–water partition coefficient (Wildman–Crippen LogP) is 0.368. The topological polar surface area (TPSA) is 96.1 Å². The van der Waals surface area contributed by atoms with Crippen LogP contribution in [-0.4, -0.2) is 47.0 Å². The second kappa shape index (κ2) is 5.47. The fraction of sp³-hybridized carbons (Fsp3) is 0.615. The summed E-state index contributed by atoms with van der Waals surface area (Å²) in [5, 5.41) is -0.255. The number of fused-ring (bicyclic) bond motifs is 1. The Bertz CT molecular complexity index is 862. The van der Waals surface area contributed by atoms with E-state index < -0.39 is 9.84 Å². The van der Waals surface area contributed by atoms with Gasteiger partial charge in [0.25, 0.3) is 0 Å². The van der Waals surface area contributed by atoms with Crippen LogP contribution in [0.5, 0.6) is 0 Å². The average molecular weight is 326 g/mol. The van der Waals surface area contributed by atoms with Gasteiger partial charge < -0.3 is 4.74 Å². The zero-order valence-electron chi connectivity index (χ0n) is 12.5. The Morgan fingerprint density at radius 3 is 2.64 bits per heavy atom. The second-order valence-corrected chi connectivity index (χ2v) is 7.28. The minimum absolute atomic E-state index is 0.0288. The van der Waals surface area contributed by atoms with Crippen molar-refractivity contribution in [1.29, 1.82) is 0 Å². The van der Waals surface area contributed by atoms with Crippen LogP contribution < -0.4 is 5.69 Å². The highest BCUT2D eigenvalue weighted by molar-refractivity contribution is 7.90. The molecule has 0 unspecified atom stereocenters. The normalized spacial score (nSPS) is 17.2. The Labute approximate surface area is 127 Å². The van der Waals surface area contributed by atoms with Gasteiger partial charge in [0.1, 0.15) is 5.52 Å². The molecule has 3 rings (SSSR count). The first-order valence-corrected chi connectivity index (χ1v) is 9.08. The molecule has 0 saturated carbocycles. The SMILES string of the molecule is CCn1c(=O)n(C2CCOCC2)c2nc(S(C)(=O)=O)ncc21. The lowest BCUT2D eigenvalue weighted by molar-refractivity contribution is 0.0694. The number of rotatable bonds is 3. The van der Waals surface area contributed by atoms with Crippen molar-refractivity contribution in [1.82, 2.24) is 19.1 Å². The Morgan fingerprint density at radius 1 is 1.36 bits per heavy atom. The molecular formula is C13H18N4O4S. The van der Waals surface area contributed by atoms with Crippen LogP contribution in [-0.2, 0) is 21.1 Å². The monoisotopic (exact) mass is 326 g/mol. The highest BCUT2D eigenvalue weighted by Crippen LogP contribution is 2.23. The lowest BCUT2D eigenvalue weighted by Crippen LogP contribution is -2.30. The zero-order valence-corrected chi connectivity index (χ0v) is 13.3. The molecule has 8 nitrogen and oxygen atoms in total. The van der Waals surface area contributed by atoms with Crippen molar-refractivity contribution in [2.24, 2.45) is 0 Å². The van der Waals surface area contributed by atoms with Gasteiger partial charge in [-0.15, -0.1) is 0 Å². The first kappa shape index (κ1) is 15.2. The van der Waals surface area contributed by atoms with Gasteiger partial charge in [0, 0.05) is 32.1 Å². The molecule has 0 aliphatic carbocycles. The maximum absolute atomic E-state index is 12.6. The van der Waals surface area contributed by atoms with Crippen molar-refractivity contribution in [2.45, 2.75) is 37.5 Å². The highest BCUT2D eigenvalue weighted by Gasteiger charge is 2.25. The number of ether oxygens (including phenoxy) is 1. The largest absolute Gasteiger partial charge is 0.381 e. The van der Waals surface area contributed by atoms with Crippen molar-refractivity contribution >= 4 is 21.0 Å². The molecule has 0 amide bonds. The Hall–Kier alpha value is -1.74. The van der Waals surface area contributed by atoms with Crippen LogP contribution in [0.2, 0.25) is 0 Å². The van der Waals surface area contributed by atoms with Gasteiger partial charge >= 0.3 is 5.69 Å². The summed E-state index contributed by atoms with van der Waals surface area (Å²) in [5.41, 5.74) is 0.768. The van der Waals surface area contributed by atoms with Crippen LogP contribution in [0.3, 0.4) is 0 Å². The smallest absolute Gasteiger partial charge is 0.330 e. The number of nitrogens with zero attached hydrogens (tertiary/aromatic N) is 4. The van der Waals surface area contributed by atoms with E-state index in [0.29, 0.717) is 43.8 Å². The third kappa shape index (κ3) is 2.44. The molecule has 0 spiro atoms. The van der Waals surface area contributed by atoms with E-state index >= 15 is 0 Å². The minimum Gasteiger partial charge on any atom is -0.381 e. The maximum Gasteiger partial charge on any atom is 0.330 e. The molecule has 22 heavy (non-hydrogen) atoms. The zero-order chi connectivity index (χ0) is 15.9. The van der Waals surface area contributed by atoms with E-state index in [1.54, 1.807) is 9.13 Å². The molecule has 120 valence electrons. The van der Waals surface area contributed by atoms with Crippen LogP contribution in [0.4, 0.5) is 0 Å². The number of sulfone groups is 1. The number of aromatic nitrogens is 4. The molecule has 1 aliphatic heterocycles. The fourth-order valence-electron chi connectivity index (χ4n) is 2.80. The number of imidazole rings is 1. The molecule has 2 aromatic rings. The van der Waals surface area contributed by atoms with Crippen molar-refractivity contribution < 1.29 is 13.2 Å². The third-order valence-electron chi connectivity index (χ3n) is 3.89. The van der Waals surface area contributed by atoms with Gasteiger partial charge in [0.2, 0.25) is 15.0 Å². The maximum atomic E-state index is 12.6. The number of hydrogen-bond donors (Lipinski definition) is 0. The molecular weight excluding hydrogens is 308 g/mol. The summed E-state index contributed by atoms with van der Waals surface area (Å²) >= 11 is 0. The van der Waals surface area contributed by atoms with Crippen LogP contribution >= 0.6 is 0 Å². The molecule has 0 bridgehead atoms. The van der Waals surface area contributed by atoms with Crippen LogP contribution in [0, 0.1) is 0 Å². The summed E-state index contributed by atoms with van der Waals surface area (Å²) in [6.45, 7) is 3.51. The summed E-state index contributed by atoms with van der Waals surface area (Å²) in [6.07, 6.45) is 3.89. The summed E-state index contributed by atoms with van der Waals surface area (Å²) < 4.78 is 31.9. The van der Waals surface area contributed by atoms with Crippen LogP contribution in [0.25, 0.3) is 11.2 Å². The van der Waals surface area contributed by atoms with Gasteiger partial charge in [-0.05, 0) is 19.8 Å². The van der Waals surface area contributed by atoms with Gasteiger partial charge in [0.15, 0.2) is 5.65 Å². The molecule has 0 radical (unpaired) electrons. The van der Waals surface area contributed by atoms with Crippen LogP contribution in [0.1, 0.15) is 25.8 Å². The molecule has 1 saturated heterocycles. The van der Waals surface area contributed by atoms with E-state index in [1.807, 2.05) is 6.92 Å². The molecule has 2 aromatic heterocycles. The van der Waals surface area contributed by atoms with Crippen molar-refractivity contribution in [3.05, 3.63) is 16.7 Å². The van der Waals surface area contributed by atoms with Gasteiger partial charge in [-0.3, -0.25) is 9.13 Å². The lowest BCUT2D eigenvalue weighted by Gasteiger charge is -2.22.